The van der Waals surface area contributed by atoms with Crippen molar-refractivity contribution in [3.05, 3.63) is 35.4 Å². The van der Waals surface area contributed by atoms with Crippen molar-refractivity contribution in [3.63, 3.8) is 0 Å². The molecule has 0 saturated heterocycles. The molecule has 0 bridgehead atoms. The van der Waals surface area contributed by atoms with Crippen molar-refractivity contribution in [1.82, 2.24) is 5.43 Å². The largest absolute Gasteiger partial charge is 0.460 e. The Morgan fingerprint density at radius 3 is 2.00 bits per heavy atom. The number of hydrazone groups is 1. The molecule has 0 aromatic heterocycles. The summed E-state index contributed by atoms with van der Waals surface area (Å²) < 4.78 is 86.6. The molecule has 0 fully saturated rings. The van der Waals surface area contributed by atoms with Gasteiger partial charge in [0.25, 0.3) is 0 Å². The molecule has 22 heavy (non-hydrogen) atoms. The molecule has 0 unspecified atom stereocenters. The predicted molar refractivity (Wildman–Crippen MR) is 62.9 cm³/mol. The first-order chi connectivity index (χ1) is 9.89. The van der Waals surface area contributed by atoms with Gasteiger partial charge in [-0.15, -0.1) is 0 Å². The lowest BCUT2D eigenvalue weighted by atomic mass is 10.1. The minimum absolute atomic E-state index is 0.316. The van der Waals surface area contributed by atoms with E-state index >= 15 is 0 Å². The predicted octanol–water partition coefficient (Wildman–Crippen LogP) is 3.28. The van der Waals surface area contributed by atoms with Crippen molar-refractivity contribution >= 4 is 12.1 Å². The lowest BCUT2D eigenvalue weighted by molar-refractivity contribution is -0.344. The van der Waals surface area contributed by atoms with Gasteiger partial charge in [0.2, 0.25) is 0 Å². The molecule has 0 aliphatic rings. The van der Waals surface area contributed by atoms with E-state index in [1.807, 2.05) is 0 Å². The Hall–Kier alpha value is -2.13. The van der Waals surface area contributed by atoms with E-state index in [9.17, 15) is 35.5 Å². The maximum absolute atomic E-state index is 12.9. The van der Waals surface area contributed by atoms with Crippen LogP contribution in [0.15, 0.2) is 29.4 Å². The van der Waals surface area contributed by atoms with Gasteiger partial charge in [-0.1, -0.05) is 29.8 Å². The Morgan fingerprint density at radius 2 is 1.55 bits per heavy atom. The third kappa shape index (κ3) is 3.55. The number of carbonyl (C=O) groups is 1. The highest BCUT2D eigenvalue weighted by Crippen LogP contribution is 2.46. The van der Waals surface area contributed by atoms with Crippen LogP contribution >= 0.6 is 0 Å². The molecule has 0 heterocycles. The van der Waals surface area contributed by atoms with Crippen LogP contribution in [0.4, 0.5) is 30.7 Å². The highest BCUT2D eigenvalue weighted by Gasteiger charge is 2.76. The third-order valence-corrected chi connectivity index (χ3v) is 2.49. The van der Waals surface area contributed by atoms with E-state index in [0.717, 1.165) is 17.2 Å². The highest BCUT2D eigenvalue weighted by molar-refractivity contribution is 5.86. The summed E-state index contributed by atoms with van der Waals surface area (Å²) in [4.78, 5) is 10.8. The van der Waals surface area contributed by atoms with E-state index in [1.165, 1.54) is 12.1 Å². The van der Waals surface area contributed by atoms with Crippen molar-refractivity contribution < 1.29 is 35.5 Å². The zero-order chi connectivity index (χ0) is 17.2. The molecule has 1 aromatic rings. The minimum Gasteiger partial charge on any atom is -0.266 e. The summed E-state index contributed by atoms with van der Waals surface area (Å²) in [7, 11) is 0. The number of aryl methyl sites for hydroxylation is 1. The number of hydrogen-bond donors (Lipinski definition) is 1. The molecule has 3 nitrogen and oxygen atoms in total. The Bertz CT molecular complexity index is 564. The topological polar surface area (TPSA) is 41.5 Å². The fourth-order valence-corrected chi connectivity index (χ4v) is 1.21. The van der Waals surface area contributed by atoms with Crippen molar-refractivity contribution in [1.29, 1.82) is 0 Å². The van der Waals surface area contributed by atoms with Gasteiger partial charge in [0.05, 0.1) is 6.21 Å². The molecule has 0 aliphatic heterocycles. The summed E-state index contributed by atoms with van der Waals surface area (Å²) in [6.07, 6.45) is -5.76. The van der Waals surface area contributed by atoms with Gasteiger partial charge in [0, 0.05) is 0 Å². The average Bonchev–Trinajstić information content (AvgIpc) is 2.39. The molecule has 0 radical (unpaired) electrons. The molecule has 1 N–H and O–H groups in total. The quantitative estimate of drug-likeness (QED) is 0.514. The van der Waals surface area contributed by atoms with E-state index < -0.39 is 23.9 Å². The van der Waals surface area contributed by atoms with Gasteiger partial charge < -0.3 is 0 Å². The zero-order valence-corrected chi connectivity index (χ0v) is 10.9. The number of hydrogen-bond acceptors (Lipinski definition) is 2. The smallest absolute Gasteiger partial charge is 0.266 e. The van der Waals surface area contributed by atoms with Gasteiger partial charge in [0.1, 0.15) is 0 Å². The molecule has 0 spiro atoms. The highest BCUT2D eigenvalue weighted by atomic mass is 19.4. The molecule has 1 rings (SSSR count). The Morgan fingerprint density at radius 1 is 1.05 bits per heavy atom. The van der Waals surface area contributed by atoms with Crippen LogP contribution in [0.1, 0.15) is 11.1 Å². The summed E-state index contributed by atoms with van der Waals surface area (Å²) in [5.41, 5.74) is 2.14. The Balaban J connectivity index is 2.81. The second-order valence-electron chi connectivity index (χ2n) is 4.26. The number of alkyl halides is 7. The van der Waals surface area contributed by atoms with Crippen molar-refractivity contribution in [3.8, 4) is 0 Å². The zero-order valence-electron chi connectivity index (χ0n) is 10.9. The molecular formula is C12H9F7N2O. The maximum atomic E-state index is 12.9. The van der Waals surface area contributed by atoms with E-state index in [-0.39, 0.29) is 0 Å². The molecule has 10 heteroatoms. The first kappa shape index (κ1) is 17.9. The number of carbonyl (C=O) groups excluding carboxylic acids is 1. The molecule has 0 saturated carbocycles. The summed E-state index contributed by atoms with van der Waals surface area (Å²) in [5.74, 6) is -15.4. The van der Waals surface area contributed by atoms with Crippen molar-refractivity contribution in [2.24, 2.45) is 5.10 Å². The van der Waals surface area contributed by atoms with Crippen LogP contribution in [0.25, 0.3) is 0 Å². The van der Waals surface area contributed by atoms with Gasteiger partial charge in [-0.3, -0.25) is 4.79 Å². The number of halogens is 7. The fraction of sp³-hybridized carbons (Fsp3) is 0.333. The van der Waals surface area contributed by atoms with E-state index in [0.29, 0.717) is 5.56 Å². The maximum Gasteiger partial charge on any atom is 0.460 e. The van der Waals surface area contributed by atoms with Gasteiger partial charge in [-0.2, -0.15) is 35.8 Å². The number of nitrogens with zero attached hydrogens (tertiary/aromatic N) is 1. The van der Waals surface area contributed by atoms with Gasteiger partial charge in [-0.05, 0) is 12.5 Å². The molecular weight excluding hydrogens is 321 g/mol. The van der Waals surface area contributed by atoms with E-state index in [1.54, 1.807) is 19.1 Å². The van der Waals surface area contributed by atoms with Crippen LogP contribution in [0, 0.1) is 6.92 Å². The summed E-state index contributed by atoms with van der Waals surface area (Å²) in [6.45, 7) is 1.75. The molecule has 0 aliphatic carbocycles. The van der Waals surface area contributed by atoms with Crippen LogP contribution < -0.4 is 5.43 Å². The van der Waals surface area contributed by atoms with Gasteiger partial charge in [-0.25, -0.2) is 5.43 Å². The van der Waals surface area contributed by atoms with E-state index in [2.05, 4.69) is 5.10 Å². The standard InChI is InChI=1S/C12H9F7N2O/c1-7-2-4-8(5-3-7)6-20-21-9(22)10(13,14)11(15,16)12(17,18)19/h2-6H,1H3,(H,21,22)/b20-6+. The summed E-state index contributed by atoms with van der Waals surface area (Å²) >= 11 is 0. The third-order valence-electron chi connectivity index (χ3n) is 2.49. The Labute approximate surface area is 119 Å². The lowest BCUT2D eigenvalue weighted by Crippen LogP contribution is -2.58. The first-order valence-corrected chi connectivity index (χ1v) is 5.62. The number of nitrogens with one attached hydrogen (secondary N) is 1. The van der Waals surface area contributed by atoms with Crippen LogP contribution in [-0.2, 0) is 4.79 Å². The average molecular weight is 330 g/mol. The van der Waals surface area contributed by atoms with Gasteiger partial charge >= 0.3 is 23.9 Å². The SMILES string of the molecule is Cc1ccc(/C=N/NC(=O)C(F)(F)C(F)(F)C(F)(F)F)cc1. The van der Waals surface area contributed by atoms with Crippen LogP contribution in [-0.4, -0.2) is 30.1 Å². The molecule has 0 atom stereocenters. The molecule has 1 aromatic carbocycles. The fourth-order valence-electron chi connectivity index (χ4n) is 1.21. The number of rotatable bonds is 4. The van der Waals surface area contributed by atoms with Crippen LogP contribution in [0.2, 0.25) is 0 Å². The second kappa shape index (κ2) is 5.93. The molecule has 1 amide bonds. The van der Waals surface area contributed by atoms with Crippen LogP contribution in [0.3, 0.4) is 0 Å². The van der Waals surface area contributed by atoms with Crippen LogP contribution in [0.5, 0.6) is 0 Å². The minimum atomic E-state index is -6.57. The first-order valence-electron chi connectivity index (χ1n) is 5.62. The molecule has 122 valence electrons. The summed E-state index contributed by atoms with van der Waals surface area (Å²) in [5, 5.41) is 2.93. The second-order valence-corrected chi connectivity index (χ2v) is 4.26. The number of benzene rings is 1. The summed E-state index contributed by atoms with van der Waals surface area (Å²) in [6, 6.07) is 6.14. The monoisotopic (exact) mass is 330 g/mol. The Kier molecular flexibility index (Phi) is 4.83. The van der Waals surface area contributed by atoms with Gasteiger partial charge in [0.15, 0.2) is 0 Å². The van der Waals surface area contributed by atoms with Crippen molar-refractivity contribution in [2.45, 2.75) is 24.9 Å². The lowest BCUT2D eigenvalue weighted by Gasteiger charge is -2.26. The number of amides is 1. The van der Waals surface area contributed by atoms with E-state index in [4.69, 9.17) is 0 Å². The van der Waals surface area contributed by atoms with Crippen molar-refractivity contribution in [2.75, 3.05) is 0 Å². The normalized spacial score (nSPS) is 13.5.